The first-order valence-corrected chi connectivity index (χ1v) is 4.57. The van der Waals surface area contributed by atoms with Crippen molar-refractivity contribution in [3.63, 3.8) is 0 Å². The summed E-state index contributed by atoms with van der Waals surface area (Å²) in [5.74, 6) is 0.510. The van der Waals surface area contributed by atoms with E-state index in [1.54, 1.807) is 24.2 Å². The SMILES string of the molecule is COc1cncc(-c2cn(C)nc2C)n1. The minimum atomic E-state index is 0.510. The molecule has 0 aromatic carbocycles. The maximum absolute atomic E-state index is 5.02. The first-order chi connectivity index (χ1) is 7.20. The quantitative estimate of drug-likeness (QED) is 0.737. The molecule has 0 bridgehead atoms. The van der Waals surface area contributed by atoms with Crippen LogP contribution in [0.25, 0.3) is 11.3 Å². The summed E-state index contributed by atoms with van der Waals surface area (Å²) < 4.78 is 6.78. The van der Waals surface area contributed by atoms with E-state index in [2.05, 4.69) is 15.1 Å². The van der Waals surface area contributed by atoms with Gasteiger partial charge in [-0.2, -0.15) is 5.10 Å². The summed E-state index contributed by atoms with van der Waals surface area (Å²) in [7, 11) is 3.45. The number of aromatic nitrogens is 4. The number of hydrogen-bond donors (Lipinski definition) is 0. The highest BCUT2D eigenvalue weighted by Gasteiger charge is 2.08. The molecule has 2 heterocycles. The average molecular weight is 204 g/mol. The molecule has 0 spiro atoms. The van der Waals surface area contributed by atoms with Crippen molar-refractivity contribution in [2.45, 2.75) is 6.92 Å². The summed E-state index contributed by atoms with van der Waals surface area (Å²) >= 11 is 0. The summed E-state index contributed by atoms with van der Waals surface area (Å²) in [5.41, 5.74) is 2.68. The highest BCUT2D eigenvalue weighted by Crippen LogP contribution is 2.20. The lowest BCUT2D eigenvalue weighted by Crippen LogP contribution is -1.91. The summed E-state index contributed by atoms with van der Waals surface area (Å²) in [6.45, 7) is 1.94. The molecule has 0 aliphatic carbocycles. The first kappa shape index (κ1) is 9.64. The monoisotopic (exact) mass is 204 g/mol. The van der Waals surface area contributed by atoms with Gasteiger partial charge in [0.2, 0.25) is 5.88 Å². The minimum Gasteiger partial charge on any atom is -0.480 e. The molecule has 0 saturated heterocycles. The van der Waals surface area contributed by atoms with Crippen LogP contribution in [-0.4, -0.2) is 26.9 Å². The Kier molecular flexibility index (Phi) is 2.37. The fraction of sp³-hybridized carbons (Fsp3) is 0.300. The van der Waals surface area contributed by atoms with Gasteiger partial charge in [0.25, 0.3) is 0 Å². The van der Waals surface area contributed by atoms with Gasteiger partial charge in [0.15, 0.2) is 0 Å². The standard InChI is InChI=1S/C10H12N4O/c1-7-8(6-14(2)13-7)9-4-11-5-10(12-9)15-3/h4-6H,1-3H3. The number of ether oxygens (including phenoxy) is 1. The maximum Gasteiger partial charge on any atom is 0.232 e. The Labute approximate surface area is 87.7 Å². The van der Waals surface area contributed by atoms with Gasteiger partial charge in [-0.05, 0) is 6.92 Å². The Morgan fingerprint density at radius 1 is 1.33 bits per heavy atom. The van der Waals surface area contributed by atoms with E-state index in [-0.39, 0.29) is 0 Å². The second kappa shape index (κ2) is 3.68. The zero-order valence-corrected chi connectivity index (χ0v) is 8.93. The van der Waals surface area contributed by atoms with Crippen molar-refractivity contribution in [1.82, 2.24) is 19.7 Å². The van der Waals surface area contributed by atoms with E-state index < -0.39 is 0 Å². The van der Waals surface area contributed by atoms with Crippen LogP contribution in [0.1, 0.15) is 5.69 Å². The van der Waals surface area contributed by atoms with Crippen LogP contribution in [0.5, 0.6) is 5.88 Å². The Hall–Kier alpha value is -1.91. The third kappa shape index (κ3) is 1.81. The summed E-state index contributed by atoms with van der Waals surface area (Å²) in [4.78, 5) is 8.36. The fourth-order valence-corrected chi connectivity index (χ4v) is 1.43. The number of rotatable bonds is 2. The second-order valence-corrected chi connectivity index (χ2v) is 3.25. The van der Waals surface area contributed by atoms with Crippen LogP contribution in [0, 0.1) is 6.92 Å². The Morgan fingerprint density at radius 3 is 2.73 bits per heavy atom. The molecular formula is C10H12N4O. The molecule has 2 aromatic rings. The van der Waals surface area contributed by atoms with Crippen LogP contribution in [0.2, 0.25) is 0 Å². The topological polar surface area (TPSA) is 52.8 Å². The average Bonchev–Trinajstić information content (AvgIpc) is 2.58. The Balaban J connectivity index is 2.49. The van der Waals surface area contributed by atoms with E-state index in [9.17, 15) is 0 Å². The van der Waals surface area contributed by atoms with E-state index >= 15 is 0 Å². The van der Waals surface area contributed by atoms with Gasteiger partial charge in [-0.15, -0.1) is 0 Å². The van der Waals surface area contributed by atoms with Crippen LogP contribution < -0.4 is 4.74 Å². The van der Waals surface area contributed by atoms with Crippen molar-refractivity contribution in [2.75, 3.05) is 7.11 Å². The molecule has 2 rings (SSSR count). The van der Waals surface area contributed by atoms with Gasteiger partial charge < -0.3 is 4.74 Å². The molecule has 15 heavy (non-hydrogen) atoms. The van der Waals surface area contributed by atoms with Gasteiger partial charge in [-0.3, -0.25) is 9.67 Å². The third-order valence-electron chi connectivity index (χ3n) is 2.11. The largest absolute Gasteiger partial charge is 0.480 e. The molecule has 2 aromatic heterocycles. The van der Waals surface area contributed by atoms with Gasteiger partial charge in [0.05, 0.1) is 30.9 Å². The van der Waals surface area contributed by atoms with Crippen molar-refractivity contribution in [3.8, 4) is 17.1 Å². The van der Waals surface area contributed by atoms with Gasteiger partial charge in [-0.25, -0.2) is 4.98 Å². The zero-order valence-electron chi connectivity index (χ0n) is 8.93. The number of nitrogens with zero attached hydrogens (tertiary/aromatic N) is 4. The van der Waals surface area contributed by atoms with Gasteiger partial charge >= 0.3 is 0 Å². The first-order valence-electron chi connectivity index (χ1n) is 4.57. The molecule has 0 atom stereocenters. The maximum atomic E-state index is 5.02. The molecule has 0 fully saturated rings. The minimum absolute atomic E-state index is 0.510. The highest BCUT2D eigenvalue weighted by atomic mass is 16.5. The van der Waals surface area contributed by atoms with E-state index in [4.69, 9.17) is 4.74 Å². The molecule has 5 nitrogen and oxygen atoms in total. The van der Waals surface area contributed by atoms with Gasteiger partial charge in [0, 0.05) is 18.8 Å². The molecular weight excluding hydrogens is 192 g/mol. The lowest BCUT2D eigenvalue weighted by Gasteiger charge is -2.00. The van der Waals surface area contributed by atoms with Gasteiger partial charge in [-0.1, -0.05) is 0 Å². The summed E-state index contributed by atoms with van der Waals surface area (Å²) in [6.07, 6.45) is 5.19. The molecule has 0 amide bonds. The van der Waals surface area contributed by atoms with Crippen molar-refractivity contribution >= 4 is 0 Å². The third-order valence-corrected chi connectivity index (χ3v) is 2.11. The van der Waals surface area contributed by atoms with E-state index in [1.807, 2.05) is 20.2 Å². The summed E-state index contributed by atoms with van der Waals surface area (Å²) in [6, 6.07) is 0. The van der Waals surface area contributed by atoms with Crippen LogP contribution >= 0.6 is 0 Å². The fourth-order valence-electron chi connectivity index (χ4n) is 1.43. The lowest BCUT2D eigenvalue weighted by molar-refractivity contribution is 0.396. The molecule has 0 saturated carbocycles. The summed E-state index contributed by atoms with van der Waals surface area (Å²) in [5, 5.41) is 4.25. The van der Waals surface area contributed by atoms with Crippen molar-refractivity contribution < 1.29 is 4.74 Å². The molecule has 0 N–H and O–H groups in total. The van der Waals surface area contributed by atoms with E-state index in [0.29, 0.717) is 5.88 Å². The van der Waals surface area contributed by atoms with Crippen LogP contribution in [0.15, 0.2) is 18.6 Å². The number of aryl methyl sites for hydroxylation is 2. The molecule has 0 aliphatic heterocycles. The van der Waals surface area contributed by atoms with Crippen molar-refractivity contribution in [3.05, 3.63) is 24.3 Å². The number of hydrogen-bond acceptors (Lipinski definition) is 4. The normalized spacial score (nSPS) is 10.3. The smallest absolute Gasteiger partial charge is 0.232 e. The van der Waals surface area contributed by atoms with Crippen LogP contribution in [0.4, 0.5) is 0 Å². The zero-order chi connectivity index (χ0) is 10.8. The van der Waals surface area contributed by atoms with Gasteiger partial charge in [0.1, 0.15) is 0 Å². The molecule has 0 aliphatic rings. The predicted octanol–water partition coefficient (Wildman–Crippen LogP) is 1.19. The van der Waals surface area contributed by atoms with E-state index in [1.165, 1.54) is 0 Å². The molecule has 5 heteroatoms. The lowest BCUT2D eigenvalue weighted by atomic mass is 10.2. The van der Waals surface area contributed by atoms with Crippen LogP contribution in [-0.2, 0) is 7.05 Å². The predicted molar refractivity (Wildman–Crippen MR) is 55.5 cm³/mol. The molecule has 0 unspecified atom stereocenters. The molecule has 0 radical (unpaired) electrons. The van der Waals surface area contributed by atoms with E-state index in [0.717, 1.165) is 17.0 Å². The van der Waals surface area contributed by atoms with Crippen molar-refractivity contribution in [1.29, 1.82) is 0 Å². The highest BCUT2D eigenvalue weighted by molar-refractivity contribution is 5.60. The van der Waals surface area contributed by atoms with Crippen LogP contribution in [0.3, 0.4) is 0 Å². The molecule has 78 valence electrons. The Bertz CT molecular complexity index is 478. The second-order valence-electron chi connectivity index (χ2n) is 3.25. The van der Waals surface area contributed by atoms with Crippen molar-refractivity contribution in [2.24, 2.45) is 7.05 Å². The Morgan fingerprint density at radius 2 is 2.13 bits per heavy atom. The number of methoxy groups -OCH3 is 1.